The molecule has 1 heterocycles. The van der Waals surface area contributed by atoms with Crippen LogP contribution in [0, 0.1) is 5.92 Å². The smallest absolute Gasteiger partial charge is 0.0726 e. The maximum Gasteiger partial charge on any atom is 0.0726 e. The average molecular weight is 281 g/mol. The first-order chi connectivity index (χ1) is 9.73. The summed E-state index contributed by atoms with van der Waals surface area (Å²) in [5, 5.41) is 11.0. The van der Waals surface area contributed by atoms with Crippen LogP contribution in [0.4, 0.5) is 0 Å². The van der Waals surface area contributed by atoms with Gasteiger partial charge in [0.05, 0.1) is 6.10 Å². The summed E-state index contributed by atoms with van der Waals surface area (Å²) in [5.74, 6) is 0.727. The molecular formula is C18H35NO. The zero-order valence-electron chi connectivity index (χ0n) is 13.7. The Morgan fingerprint density at radius 2 is 1.70 bits per heavy atom. The Kier molecular flexibility index (Phi) is 6.35. The van der Waals surface area contributed by atoms with Gasteiger partial charge < -0.3 is 5.11 Å². The Morgan fingerprint density at radius 1 is 1.05 bits per heavy atom. The van der Waals surface area contributed by atoms with Gasteiger partial charge in [-0.1, -0.05) is 52.4 Å². The maximum absolute atomic E-state index is 11.0. The normalized spacial score (nSPS) is 25.9. The molecule has 2 atom stereocenters. The van der Waals surface area contributed by atoms with Crippen molar-refractivity contribution < 1.29 is 5.11 Å². The van der Waals surface area contributed by atoms with E-state index >= 15 is 0 Å². The van der Waals surface area contributed by atoms with Gasteiger partial charge in [0.1, 0.15) is 0 Å². The van der Waals surface area contributed by atoms with Crippen molar-refractivity contribution in [2.45, 2.75) is 96.1 Å². The Balaban J connectivity index is 1.97. The van der Waals surface area contributed by atoms with Crippen LogP contribution in [-0.4, -0.2) is 34.7 Å². The molecule has 1 aliphatic carbocycles. The molecule has 1 saturated heterocycles. The summed E-state index contributed by atoms with van der Waals surface area (Å²) in [4.78, 5) is 2.65. The van der Waals surface area contributed by atoms with Gasteiger partial charge in [0.15, 0.2) is 0 Å². The van der Waals surface area contributed by atoms with Crippen molar-refractivity contribution in [1.82, 2.24) is 4.90 Å². The Bertz CT molecular complexity index is 267. The summed E-state index contributed by atoms with van der Waals surface area (Å²) in [6, 6.07) is 0. The summed E-state index contributed by atoms with van der Waals surface area (Å²) in [5.41, 5.74) is 0.149. The zero-order valence-corrected chi connectivity index (χ0v) is 13.7. The van der Waals surface area contributed by atoms with Crippen molar-refractivity contribution in [1.29, 1.82) is 0 Å². The first-order valence-corrected chi connectivity index (χ1v) is 9.16. The molecule has 0 spiro atoms. The fourth-order valence-electron chi connectivity index (χ4n) is 4.53. The number of nitrogens with zero attached hydrogens (tertiary/aromatic N) is 1. The van der Waals surface area contributed by atoms with Crippen LogP contribution in [0.15, 0.2) is 0 Å². The van der Waals surface area contributed by atoms with Crippen molar-refractivity contribution in [3.05, 3.63) is 0 Å². The number of hydrogen-bond donors (Lipinski definition) is 1. The fraction of sp³-hybridized carbons (Fsp3) is 1.00. The minimum atomic E-state index is -0.0927. The van der Waals surface area contributed by atoms with E-state index in [1.165, 1.54) is 77.3 Å². The highest BCUT2D eigenvalue weighted by molar-refractivity contribution is 5.02. The SMILES string of the molecule is CCCCC(CC)CC(O)C1(N2CCCC2)CCCC1. The molecule has 2 unspecified atom stereocenters. The van der Waals surface area contributed by atoms with Crippen molar-refractivity contribution in [3.63, 3.8) is 0 Å². The van der Waals surface area contributed by atoms with E-state index in [-0.39, 0.29) is 11.6 Å². The molecule has 2 nitrogen and oxygen atoms in total. The monoisotopic (exact) mass is 281 g/mol. The first-order valence-electron chi connectivity index (χ1n) is 9.16. The van der Waals surface area contributed by atoms with Crippen molar-refractivity contribution in [2.75, 3.05) is 13.1 Å². The predicted molar refractivity (Wildman–Crippen MR) is 85.9 cm³/mol. The van der Waals surface area contributed by atoms with Gasteiger partial charge in [-0.15, -0.1) is 0 Å². The highest BCUT2D eigenvalue weighted by Crippen LogP contribution is 2.42. The largest absolute Gasteiger partial charge is 0.391 e. The second-order valence-corrected chi connectivity index (χ2v) is 7.17. The van der Waals surface area contributed by atoms with Gasteiger partial charge >= 0.3 is 0 Å². The van der Waals surface area contributed by atoms with E-state index in [1.54, 1.807) is 0 Å². The van der Waals surface area contributed by atoms with Crippen LogP contribution in [0.2, 0.25) is 0 Å². The van der Waals surface area contributed by atoms with Crippen molar-refractivity contribution in [2.24, 2.45) is 5.92 Å². The zero-order chi connectivity index (χ0) is 14.4. The summed E-state index contributed by atoms with van der Waals surface area (Å²) in [6.45, 7) is 7.02. The highest BCUT2D eigenvalue weighted by atomic mass is 16.3. The standard InChI is InChI=1S/C18H35NO/c1-3-5-10-16(4-2)15-17(20)18(11-6-7-12-18)19-13-8-9-14-19/h16-17,20H,3-15H2,1-2H3. The van der Waals surface area contributed by atoms with Crippen LogP contribution in [0.3, 0.4) is 0 Å². The van der Waals surface area contributed by atoms with E-state index in [0.29, 0.717) is 0 Å². The molecule has 0 aromatic carbocycles. The van der Waals surface area contributed by atoms with Crippen molar-refractivity contribution >= 4 is 0 Å². The molecule has 1 saturated carbocycles. The lowest BCUT2D eigenvalue weighted by Crippen LogP contribution is -2.54. The van der Waals surface area contributed by atoms with Gasteiger partial charge in [-0.05, 0) is 51.1 Å². The second-order valence-electron chi connectivity index (χ2n) is 7.17. The molecule has 1 N–H and O–H groups in total. The number of likely N-dealkylation sites (tertiary alicyclic amines) is 1. The van der Waals surface area contributed by atoms with Gasteiger partial charge in [-0.25, -0.2) is 0 Å². The van der Waals surface area contributed by atoms with Gasteiger partial charge in [0.2, 0.25) is 0 Å². The molecular weight excluding hydrogens is 246 g/mol. The summed E-state index contributed by atoms with van der Waals surface area (Å²) < 4.78 is 0. The molecule has 2 aliphatic rings. The highest BCUT2D eigenvalue weighted by Gasteiger charge is 2.46. The van der Waals surface area contributed by atoms with E-state index < -0.39 is 0 Å². The third-order valence-electron chi connectivity index (χ3n) is 5.93. The topological polar surface area (TPSA) is 23.5 Å². The quantitative estimate of drug-likeness (QED) is 0.714. The van der Waals surface area contributed by atoms with Crippen LogP contribution in [0.1, 0.15) is 84.5 Å². The lowest BCUT2D eigenvalue weighted by molar-refractivity contribution is -0.0310. The molecule has 2 heteroatoms. The molecule has 0 radical (unpaired) electrons. The van der Waals surface area contributed by atoms with Gasteiger partial charge in [-0.3, -0.25) is 4.90 Å². The van der Waals surface area contributed by atoms with Crippen LogP contribution in [-0.2, 0) is 0 Å². The van der Waals surface area contributed by atoms with Crippen LogP contribution in [0.25, 0.3) is 0 Å². The minimum absolute atomic E-state index is 0.0927. The molecule has 1 aliphatic heterocycles. The molecule has 0 bridgehead atoms. The molecule has 0 aromatic heterocycles. The average Bonchev–Trinajstić information content (AvgIpc) is 3.13. The van der Waals surface area contributed by atoms with Crippen LogP contribution >= 0.6 is 0 Å². The van der Waals surface area contributed by atoms with E-state index in [4.69, 9.17) is 0 Å². The summed E-state index contributed by atoms with van der Waals surface area (Å²) >= 11 is 0. The lowest BCUT2D eigenvalue weighted by Gasteiger charge is -2.43. The van der Waals surface area contributed by atoms with E-state index in [9.17, 15) is 5.11 Å². The third-order valence-corrected chi connectivity index (χ3v) is 5.93. The summed E-state index contributed by atoms with van der Waals surface area (Å²) in [7, 11) is 0. The number of rotatable bonds is 8. The molecule has 20 heavy (non-hydrogen) atoms. The lowest BCUT2D eigenvalue weighted by atomic mass is 9.81. The van der Waals surface area contributed by atoms with Gasteiger partial charge in [-0.2, -0.15) is 0 Å². The Labute approximate surface area is 125 Å². The molecule has 2 rings (SSSR count). The van der Waals surface area contributed by atoms with Crippen molar-refractivity contribution in [3.8, 4) is 0 Å². The van der Waals surface area contributed by atoms with Crippen LogP contribution < -0.4 is 0 Å². The second kappa shape index (κ2) is 7.79. The van der Waals surface area contributed by atoms with E-state index in [1.807, 2.05) is 0 Å². The Hall–Kier alpha value is -0.0800. The molecule has 2 fully saturated rings. The number of aliphatic hydroxyl groups is 1. The number of unbranched alkanes of at least 4 members (excludes halogenated alkanes) is 1. The van der Waals surface area contributed by atoms with Crippen LogP contribution in [0.5, 0.6) is 0 Å². The minimum Gasteiger partial charge on any atom is -0.391 e. The first kappa shape index (κ1) is 16.3. The predicted octanol–water partition coefficient (Wildman–Crippen LogP) is 4.36. The van der Waals surface area contributed by atoms with Gasteiger partial charge in [0.25, 0.3) is 0 Å². The molecule has 118 valence electrons. The summed E-state index contributed by atoms with van der Waals surface area (Å²) in [6.07, 6.45) is 13.9. The number of aliphatic hydroxyl groups excluding tert-OH is 1. The third kappa shape index (κ3) is 3.57. The fourth-order valence-corrected chi connectivity index (χ4v) is 4.53. The van der Waals surface area contributed by atoms with E-state index in [0.717, 1.165) is 12.3 Å². The number of hydrogen-bond acceptors (Lipinski definition) is 2. The molecule has 0 amide bonds. The molecule has 0 aromatic rings. The maximum atomic E-state index is 11.0. The van der Waals surface area contributed by atoms with Gasteiger partial charge in [0, 0.05) is 5.54 Å². The van der Waals surface area contributed by atoms with E-state index in [2.05, 4.69) is 18.7 Å². The Morgan fingerprint density at radius 3 is 2.25 bits per heavy atom.